The van der Waals surface area contributed by atoms with E-state index < -0.39 is 42.8 Å². The molecule has 1 heterocycles. The lowest BCUT2D eigenvalue weighted by Gasteiger charge is -2.37. The maximum Gasteiger partial charge on any atom is 0.336 e. The van der Waals surface area contributed by atoms with Crippen molar-refractivity contribution in [3.8, 4) is 0 Å². The molecule has 186 valence electrons. The first-order valence-corrected chi connectivity index (χ1v) is 10.5. The molecule has 0 spiro atoms. The monoisotopic (exact) mass is 476 g/mol. The Morgan fingerprint density at radius 2 is 1.21 bits per heavy atom. The van der Waals surface area contributed by atoms with Gasteiger partial charge >= 0.3 is 11.9 Å². The van der Waals surface area contributed by atoms with E-state index in [9.17, 15) is 30.0 Å². The zero-order chi connectivity index (χ0) is 25.8. The molecule has 0 radical (unpaired) electrons. The molecule has 0 aromatic rings. The van der Waals surface area contributed by atoms with Gasteiger partial charge in [0, 0.05) is 11.1 Å². The fourth-order valence-electron chi connectivity index (χ4n) is 2.48. The second kappa shape index (κ2) is 14.2. The number of aliphatic hydroxyl groups excluding tert-OH is 4. The molecule has 9 nitrogen and oxygen atoms in total. The lowest BCUT2D eigenvalue weighted by atomic mass is 10.0. The highest BCUT2D eigenvalue weighted by Gasteiger charge is 2.45. The molecule has 0 amide bonds. The summed E-state index contributed by atoms with van der Waals surface area (Å²) in [6.45, 7) is 6.74. The van der Waals surface area contributed by atoms with E-state index >= 15 is 0 Å². The number of carboxylic acids is 1. The van der Waals surface area contributed by atoms with Gasteiger partial charge in [-0.1, -0.05) is 71.9 Å². The number of hydrogen-bond acceptors (Lipinski definition) is 8. The molecule has 5 N–H and O–H groups in total. The Balaban J connectivity index is 2.62. The third-order valence-corrected chi connectivity index (χ3v) is 4.67. The largest absolute Gasteiger partial charge is 0.478 e. The van der Waals surface area contributed by atoms with Crippen LogP contribution in [0.4, 0.5) is 0 Å². The molecule has 0 saturated carbocycles. The van der Waals surface area contributed by atoms with Crippen molar-refractivity contribution in [3.63, 3.8) is 0 Å². The van der Waals surface area contributed by atoms with Crippen LogP contribution in [0, 0.1) is 0 Å². The van der Waals surface area contributed by atoms with Gasteiger partial charge in [0.2, 0.25) is 6.29 Å². The summed E-state index contributed by atoms with van der Waals surface area (Å²) in [4.78, 5) is 22.9. The molecule has 1 aliphatic rings. The van der Waals surface area contributed by atoms with Crippen LogP contribution in [-0.4, -0.2) is 68.4 Å². The van der Waals surface area contributed by atoms with Crippen LogP contribution in [0.25, 0.3) is 0 Å². The lowest BCUT2D eigenvalue weighted by molar-refractivity contribution is -0.330. The first-order chi connectivity index (χ1) is 15.9. The predicted molar refractivity (Wildman–Crippen MR) is 125 cm³/mol. The van der Waals surface area contributed by atoms with E-state index in [1.54, 1.807) is 24.3 Å². The number of carboxylic acid groups (broad SMARTS) is 1. The number of carbonyl (C=O) groups excluding carboxylic acids is 1. The van der Waals surface area contributed by atoms with Crippen LogP contribution in [-0.2, 0) is 19.1 Å². The van der Waals surface area contributed by atoms with E-state index in [0.29, 0.717) is 0 Å². The highest BCUT2D eigenvalue weighted by Crippen LogP contribution is 2.21. The number of esters is 1. The number of aliphatic carboxylic acids is 1. The molecule has 5 atom stereocenters. The van der Waals surface area contributed by atoms with Crippen molar-refractivity contribution in [2.24, 2.45) is 0 Å². The molecule has 34 heavy (non-hydrogen) atoms. The molecule has 1 rings (SSSR count). The van der Waals surface area contributed by atoms with Crippen molar-refractivity contribution in [2.45, 2.75) is 58.6 Å². The Hall–Kier alpha value is -3.08. The topological polar surface area (TPSA) is 154 Å². The molecule has 9 heteroatoms. The molecule has 1 fully saturated rings. The number of aliphatic hydroxyl groups is 4. The van der Waals surface area contributed by atoms with Crippen LogP contribution < -0.4 is 0 Å². The molecule has 0 aromatic carbocycles. The summed E-state index contributed by atoms with van der Waals surface area (Å²) < 4.78 is 9.76. The van der Waals surface area contributed by atoms with Gasteiger partial charge in [0.1, 0.15) is 18.3 Å². The van der Waals surface area contributed by atoms with E-state index in [2.05, 4.69) is 0 Å². The van der Waals surface area contributed by atoms with Gasteiger partial charge in [-0.15, -0.1) is 0 Å². The number of allylic oxidation sites excluding steroid dienone is 12. The SMILES string of the molecule is CC(/C=C/C=C(\C)C(=O)O)=C\C=C\C=C(C)\C=C\C=C(/C)C(=O)OC1O[C@H](O)[C@@H](O)[C@H](O)[C@H]1O. The third kappa shape index (κ3) is 9.82. The van der Waals surface area contributed by atoms with Crippen molar-refractivity contribution < 1.29 is 44.6 Å². The number of ether oxygens (including phenoxy) is 2. The van der Waals surface area contributed by atoms with Gasteiger partial charge in [-0.05, 0) is 27.7 Å². The smallest absolute Gasteiger partial charge is 0.336 e. The Kier molecular flexibility index (Phi) is 12.1. The predicted octanol–water partition coefficient (Wildman–Crippen LogP) is 1.83. The van der Waals surface area contributed by atoms with Crippen molar-refractivity contribution in [2.75, 3.05) is 0 Å². The summed E-state index contributed by atoms with van der Waals surface area (Å²) in [7, 11) is 0. The van der Waals surface area contributed by atoms with Crippen LogP contribution in [0.15, 0.2) is 83.1 Å². The van der Waals surface area contributed by atoms with Crippen LogP contribution >= 0.6 is 0 Å². The minimum absolute atomic E-state index is 0.183. The fourth-order valence-corrected chi connectivity index (χ4v) is 2.48. The lowest BCUT2D eigenvalue weighted by Crippen LogP contribution is -2.58. The molecule has 1 unspecified atom stereocenters. The summed E-state index contributed by atoms with van der Waals surface area (Å²) in [6, 6.07) is 0. The van der Waals surface area contributed by atoms with E-state index in [1.165, 1.54) is 26.0 Å². The summed E-state index contributed by atoms with van der Waals surface area (Å²) >= 11 is 0. The number of rotatable bonds is 9. The zero-order valence-corrected chi connectivity index (χ0v) is 19.5. The summed E-state index contributed by atoms with van der Waals surface area (Å²) in [5.41, 5.74) is 2.26. The van der Waals surface area contributed by atoms with Crippen LogP contribution in [0.2, 0.25) is 0 Å². The van der Waals surface area contributed by atoms with Gasteiger partial charge in [0.15, 0.2) is 6.29 Å². The fraction of sp³-hybridized carbons (Fsp3) is 0.360. The summed E-state index contributed by atoms with van der Waals surface area (Å²) in [6.07, 6.45) is 8.66. The standard InChI is InChI=1S/C25H32O9/c1-15(11-7-13-17(3)22(29)30)9-5-6-10-16(2)12-8-14-18(4)23(31)33-25-21(28)19(26)20(27)24(32)34-25/h5-14,19-21,24-28,32H,1-4H3,(H,29,30)/b6-5+,11-7+,12-8+,15-9+,16-10+,17-13+,18-14+/t19-,20-,21+,24-,25?/m0/s1. The normalized spacial score (nSPS) is 27.7. The molecule has 0 bridgehead atoms. The van der Waals surface area contributed by atoms with Gasteiger partial charge in [0.25, 0.3) is 0 Å². The van der Waals surface area contributed by atoms with Gasteiger partial charge in [-0.2, -0.15) is 0 Å². The maximum absolute atomic E-state index is 12.1. The quantitative estimate of drug-likeness (QED) is 0.190. The Bertz CT molecular complexity index is 934. The molecule has 0 aromatic heterocycles. The number of carbonyl (C=O) groups is 2. The van der Waals surface area contributed by atoms with Gasteiger partial charge in [0.05, 0.1) is 0 Å². The molecule has 1 aliphatic heterocycles. The maximum atomic E-state index is 12.1. The second-order valence-corrected chi connectivity index (χ2v) is 7.70. The first-order valence-electron chi connectivity index (χ1n) is 10.5. The molecular formula is C25H32O9. The molecule has 1 saturated heterocycles. The Labute approximate surface area is 198 Å². The van der Waals surface area contributed by atoms with Crippen molar-refractivity contribution >= 4 is 11.9 Å². The minimum atomic E-state index is -1.80. The van der Waals surface area contributed by atoms with Crippen LogP contribution in [0.1, 0.15) is 27.7 Å². The average Bonchev–Trinajstić information content (AvgIpc) is 2.78. The van der Waals surface area contributed by atoms with E-state index in [-0.39, 0.29) is 11.1 Å². The first kappa shape index (κ1) is 29.0. The van der Waals surface area contributed by atoms with E-state index in [0.717, 1.165) is 11.1 Å². The summed E-state index contributed by atoms with van der Waals surface area (Å²) in [5, 5.41) is 47.2. The summed E-state index contributed by atoms with van der Waals surface area (Å²) in [5.74, 6) is -1.78. The minimum Gasteiger partial charge on any atom is -0.478 e. The zero-order valence-electron chi connectivity index (χ0n) is 19.5. The van der Waals surface area contributed by atoms with Crippen molar-refractivity contribution in [1.82, 2.24) is 0 Å². The van der Waals surface area contributed by atoms with E-state index in [1.807, 2.05) is 38.2 Å². The highest BCUT2D eigenvalue weighted by atomic mass is 16.8. The van der Waals surface area contributed by atoms with Crippen LogP contribution in [0.5, 0.6) is 0 Å². The Morgan fingerprint density at radius 3 is 1.71 bits per heavy atom. The highest BCUT2D eigenvalue weighted by molar-refractivity contribution is 5.88. The van der Waals surface area contributed by atoms with Gasteiger partial charge < -0.3 is 35.0 Å². The van der Waals surface area contributed by atoms with Gasteiger partial charge in [-0.25, -0.2) is 9.59 Å². The van der Waals surface area contributed by atoms with E-state index in [4.69, 9.17) is 14.6 Å². The molecule has 0 aliphatic carbocycles. The van der Waals surface area contributed by atoms with Crippen molar-refractivity contribution in [1.29, 1.82) is 0 Å². The molecular weight excluding hydrogens is 444 g/mol. The average molecular weight is 477 g/mol. The third-order valence-electron chi connectivity index (χ3n) is 4.67. The Morgan fingerprint density at radius 1 is 0.706 bits per heavy atom. The van der Waals surface area contributed by atoms with Gasteiger partial charge in [-0.3, -0.25) is 0 Å². The number of hydrogen-bond donors (Lipinski definition) is 5. The van der Waals surface area contributed by atoms with Crippen molar-refractivity contribution in [3.05, 3.63) is 83.1 Å². The second-order valence-electron chi connectivity index (χ2n) is 7.70. The van der Waals surface area contributed by atoms with Crippen LogP contribution in [0.3, 0.4) is 0 Å².